The molecule has 0 aliphatic carbocycles. The first-order valence-electron chi connectivity index (χ1n) is 5.27. The predicted molar refractivity (Wildman–Crippen MR) is 77.2 cm³/mol. The number of primary amides is 1. The summed E-state index contributed by atoms with van der Waals surface area (Å²) >= 11 is 6.64. The van der Waals surface area contributed by atoms with Crippen molar-refractivity contribution in [3.63, 3.8) is 0 Å². The van der Waals surface area contributed by atoms with Gasteiger partial charge in [0, 0.05) is 20.9 Å². The number of amides is 2. The maximum Gasteiger partial charge on any atom is 0.252 e. The molecule has 98 valence electrons. The van der Waals surface area contributed by atoms with Crippen LogP contribution in [0, 0.1) is 0 Å². The van der Waals surface area contributed by atoms with Gasteiger partial charge in [-0.25, -0.2) is 0 Å². The van der Waals surface area contributed by atoms with Gasteiger partial charge in [0.15, 0.2) is 0 Å². The highest BCUT2D eigenvalue weighted by Crippen LogP contribution is 2.22. The van der Waals surface area contributed by atoms with Crippen LogP contribution in [0.2, 0.25) is 0 Å². The van der Waals surface area contributed by atoms with Gasteiger partial charge in [0.25, 0.3) is 5.91 Å². The fourth-order valence-electron chi connectivity index (χ4n) is 1.53. The Morgan fingerprint density at radius 3 is 2.44 bits per heavy atom. The van der Waals surface area contributed by atoms with Crippen LogP contribution < -0.4 is 11.1 Å². The molecule has 0 aromatic heterocycles. The van der Waals surface area contributed by atoms with E-state index in [-0.39, 0.29) is 12.3 Å². The summed E-state index contributed by atoms with van der Waals surface area (Å²) in [6.07, 6.45) is 0.0902. The molecule has 0 atom stereocenters. The lowest BCUT2D eigenvalue weighted by molar-refractivity contribution is -0.119. The molecular formula is C12H14Br2N2O2. The molecule has 0 saturated heterocycles. The van der Waals surface area contributed by atoms with Gasteiger partial charge in [-0.05, 0) is 48.0 Å². The lowest BCUT2D eigenvalue weighted by Gasteiger charge is -2.25. The molecule has 18 heavy (non-hydrogen) atoms. The zero-order chi connectivity index (χ0) is 13.9. The molecule has 0 unspecified atom stereocenters. The normalized spacial score (nSPS) is 11.1. The minimum Gasteiger partial charge on any atom is -0.370 e. The van der Waals surface area contributed by atoms with Crippen LogP contribution >= 0.6 is 31.9 Å². The smallest absolute Gasteiger partial charge is 0.252 e. The highest BCUT2D eigenvalue weighted by atomic mass is 79.9. The summed E-state index contributed by atoms with van der Waals surface area (Å²) in [5.41, 5.74) is 4.98. The number of carbonyl (C=O) groups excluding carboxylic acids is 2. The average Bonchev–Trinajstić information content (AvgIpc) is 2.13. The number of halogens is 2. The van der Waals surface area contributed by atoms with Gasteiger partial charge >= 0.3 is 0 Å². The average molecular weight is 378 g/mol. The summed E-state index contributed by atoms with van der Waals surface area (Å²) in [6, 6.07) is 5.26. The first kappa shape index (κ1) is 15.2. The molecule has 0 bridgehead atoms. The third-order valence-electron chi connectivity index (χ3n) is 2.24. The van der Waals surface area contributed by atoms with Gasteiger partial charge in [-0.2, -0.15) is 0 Å². The van der Waals surface area contributed by atoms with Crippen molar-refractivity contribution in [3.05, 3.63) is 32.7 Å². The highest BCUT2D eigenvalue weighted by Gasteiger charge is 2.24. The van der Waals surface area contributed by atoms with Gasteiger partial charge in [0.05, 0.1) is 5.56 Å². The van der Waals surface area contributed by atoms with Gasteiger partial charge in [-0.15, -0.1) is 0 Å². The third-order valence-corrected chi connectivity index (χ3v) is 3.39. The number of carbonyl (C=O) groups is 2. The van der Waals surface area contributed by atoms with Crippen LogP contribution in [0.1, 0.15) is 30.6 Å². The number of nitrogens with one attached hydrogen (secondary N) is 1. The van der Waals surface area contributed by atoms with E-state index in [1.807, 2.05) is 0 Å². The van der Waals surface area contributed by atoms with E-state index < -0.39 is 11.4 Å². The van der Waals surface area contributed by atoms with Gasteiger partial charge in [-0.1, -0.05) is 15.9 Å². The monoisotopic (exact) mass is 376 g/mol. The van der Waals surface area contributed by atoms with E-state index in [2.05, 4.69) is 37.2 Å². The maximum atomic E-state index is 12.1. The van der Waals surface area contributed by atoms with Crippen LogP contribution in [-0.2, 0) is 4.79 Å². The summed E-state index contributed by atoms with van der Waals surface area (Å²) in [5, 5.41) is 2.78. The molecule has 1 aromatic rings. The number of hydrogen-bond donors (Lipinski definition) is 2. The summed E-state index contributed by atoms with van der Waals surface area (Å²) in [7, 11) is 0. The van der Waals surface area contributed by atoms with Crippen molar-refractivity contribution in [2.24, 2.45) is 5.73 Å². The third kappa shape index (κ3) is 4.42. The van der Waals surface area contributed by atoms with Gasteiger partial charge in [0.1, 0.15) is 0 Å². The Morgan fingerprint density at radius 2 is 1.94 bits per heavy atom. The Labute approximate surface area is 123 Å². The Hall–Kier alpha value is -0.880. The van der Waals surface area contributed by atoms with E-state index in [0.29, 0.717) is 10.0 Å². The molecule has 0 saturated carbocycles. The standard InChI is InChI=1S/C12H14Br2N2O2/c1-12(2,6-10(15)17)16-11(18)8-4-3-7(13)5-9(8)14/h3-5H,6H2,1-2H3,(H2,15,17)(H,16,18). The first-order chi connectivity index (χ1) is 8.21. The fourth-order valence-corrected chi connectivity index (χ4v) is 2.76. The lowest BCUT2D eigenvalue weighted by Crippen LogP contribution is -2.46. The van der Waals surface area contributed by atoms with Gasteiger partial charge < -0.3 is 11.1 Å². The molecule has 0 aliphatic rings. The van der Waals surface area contributed by atoms with Crippen molar-refractivity contribution in [1.29, 1.82) is 0 Å². The first-order valence-corrected chi connectivity index (χ1v) is 6.86. The highest BCUT2D eigenvalue weighted by molar-refractivity contribution is 9.11. The van der Waals surface area contributed by atoms with Crippen LogP contribution in [0.25, 0.3) is 0 Å². The molecule has 0 spiro atoms. The van der Waals surface area contributed by atoms with Crippen molar-refractivity contribution in [1.82, 2.24) is 5.32 Å². The Balaban J connectivity index is 2.85. The molecule has 1 rings (SSSR count). The zero-order valence-electron chi connectivity index (χ0n) is 10.1. The Morgan fingerprint density at radius 1 is 1.33 bits per heavy atom. The second kappa shape index (κ2) is 5.84. The number of rotatable bonds is 4. The van der Waals surface area contributed by atoms with E-state index in [4.69, 9.17) is 5.73 Å². The number of nitrogens with two attached hydrogens (primary N) is 1. The minimum absolute atomic E-state index is 0.0902. The number of benzene rings is 1. The maximum absolute atomic E-state index is 12.1. The molecule has 1 aromatic carbocycles. The Kier molecular flexibility index (Phi) is 4.92. The zero-order valence-corrected chi connectivity index (χ0v) is 13.3. The summed E-state index contributed by atoms with van der Waals surface area (Å²) in [6.45, 7) is 3.50. The Bertz CT molecular complexity index is 487. The van der Waals surface area contributed by atoms with Crippen LogP contribution in [-0.4, -0.2) is 17.4 Å². The summed E-state index contributed by atoms with van der Waals surface area (Å²) < 4.78 is 1.56. The topological polar surface area (TPSA) is 72.2 Å². The van der Waals surface area contributed by atoms with E-state index >= 15 is 0 Å². The van der Waals surface area contributed by atoms with Crippen molar-refractivity contribution in [2.75, 3.05) is 0 Å². The molecule has 0 radical (unpaired) electrons. The van der Waals surface area contributed by atoms with Crippen LogP contribution in [0.4, 0.5) is 0 Å². The largest absolute Gasteiger partial charge is 0.370 e. The van der Waals surface area contributed by atoms with E-state index in [1.165, 1.54) is 0 Å². The molecule has 0 heterocycles. The summed E-state index contributed by atoms with van der Waals surface area (Å²) in [4.78, 5) is 23.0. The summed E-state index contributed by atoms with van der Waals surface area (Å²) in [5.74, 6) is -0.698. The predicted octanol–water partition coefficient (Wildman–Crippen LogP) is 2.60. The van der Waals surface area contributed by atoms with Crippen molar-refractivity contribution in [3.8, 4) is 0 Å². The van der Waals surface area contributed by atoms with Crippen LogP contribution in [0.5, 0.6) is 0 Å². The second-order valence-electron chi connectivity index (χ2n) is 4.61. The molecule has 4 nitrogen and oxygen atoms in total. The van der Waals surface area contributed by atoms with Crippen LogP contribution in [0.3, 0.4) is 0 Å². The van der Waals surface area contributed by atoms with E-state index in [9.17, 15) is 9.59 Å². The molecule has 0 fully saturated rings. The molecule has 3 N–H and O–H groups in total. The lowest BCUT2D eigenvalue weighted by atomic mass is 9.99. The quantitative estimate of drug-likeness (QED) is 0.846. The van der Waals surface area contributed by atoms with Crippen LogP contribution in [0.15, 0.2) is 27.1 Å². The van der Waals surface area contributed by atoms with Gasteiger partial charge in [-0.3, -0.25) is 9.59 Å². The molecule has 2 amide bonds. The number of hydrogen-bond acceptors (Lipinski definition) is 2. The molecule has 0 aliphatic heterocycles. The van der Waals surface area contributed by atoms with E-state index in [1.54, 1.807) is 32.0 Å². The van der Waals surface area contributed by atoms with Gasteiger partial charge in [0.2, 0.25) is 5.91 Å². The fraction of sp³-hybridized carbons (Fsp3) is 0.333. The van der Waals surface area contributed by atoms with Crippen molar-refractivity contribution in [2.45, 2.75) is 25.8 Å². The van der Waals surface area contributed by atoms with E-state index in [0.717, 1.165) is 4.47 Å². The second-order valence-corrected chi connectivity index (χ2v) is 6.38. The SMILES string of the molecule is CC(C)(CC(N)=O)NC(=O)c1ccc(Br)cc1Br. The molecular weight excluding hydrogens is 364 g/mol. The molecule has 6 heteroatoms. The van der Waals surface area contributed by atoms with Crippen molar-refractivity contribution >= 4 is 43.7 Å². The van der Waals surface area contributed by atoms with Crippen molar-refractivity contribution < 1.29 is 9.59 Å². The minimum atomic E-state index is -0.671.